The van der Waals surface area contributed by atoms with Crippen molar-refractivity contribution in [2.75, 3.05) is 19.8 Å². The SMILES string of the molecule is O=C(COCC1CCCCO1)NC1CCC(n2cncn2)CC1. The van der Waals surface area contributed by atoms with Crippen LogP contribution in [0.3, 0.4) is 0 Å². The van der Waals surface area contributed by atoms with Crippen molar-refractivity contribution in [3.8, 4) is 0 Å². The molecule has 1 saturated carbocycles. The van der Waals surface area contributed by atoms with Crippen molar-refractivity contribution in [1.82, 2.24) is 20.1 Å². The fraction of sp³-hybridized carbons (Fsp3) is 0.812. The summed E-state index contributed by atoms with van der Waals surface area (Å²) < 4.78 is 13.0. The summed E-state index contributed by atoms with van der Waals surface area (Å²) in [6.45, 7) is 1.46. The molecular formula is C16H26N4O3. The number of nitrogens with zero attached hydrogens (tertiary/aromatic N) is 3. The standard InChI is InChI=1S/C16H26N4O3/c21-16(10-22-9-15-3-1-2-8-23-15)19-13-4-6-14(7-5-13)20-12-17-11-18-20/h11-15H,1-10H2,(H,19,21). The number of aromatic nitrogens is 3. The van der Waals surface area contributed by atoms with Gasteiger partial charge in [-0.1, -0.05) is 0 Å². The molecule has 1 aliphatic heterocycles. The Bertz CT molecular complexity index is 466. The molecule has 1 aromatic rings. The predicted molar refractivity (Wildman–Crippen MR) is 83.9 cm³/mol. The highest BCUT2D eigenvalue weighted by atomic mass is 16.5. The summed E-state index contributed by atoms with van der Waals surface area (Å²) in [7, 11) is 0. The lowest BCUT2D eigenvalue weighted by Crippen LogP contribution is -2.40. The van der Waals surface area contributed by atoms with Crippen molar-refractivity contribution in [2.24, 2.45) is 0 Å². The van der Waals surface area contributed by atoms with Gasteiger partial charge in [0.2, 0.25) is 5.91 Å². The quantitative estimate of drug-likeness (QED) is 0.858. The average molecular weight is 322 g/mol. The minimum absolute atomic E-state index is 0.0231. The smallest absolute Gasteiger partial charge is 0.246 e. The van der Waals surface area contributed by atoms with Crippen LogP contribution in [0.5, 0.6) is 0 Å². The van der Waals surface area contributed by atoms with Gasteiger partial charge in [-0.15, -0.1) is 0 Å². The van der Waals surface area contributed by atoms with E-state index in [1.165, 1.54) is 6.42 Å². The highest BCUT2D eigenvalue weighted by Gasteiger charge is 2.24. The van der Waals surface area contributed by atoms with Crippen LogP contribution in [0, 0.1) is 0 Å². The van der Waals surface area contributed by atoms with Crippen molar-refractivity contribution in [1.29, 1.82) is 0 Å². The minimum Gasteiger partial charge on any atom is -0.376 e. The molecule has 1 atom stereocenters. The van der Waals surface area contributed by atoms with Gasteiger partial charge in [0.1, 0.15) is 19.3 Å². The van der Waals surface area contributed by atoms with Crippen LogP contribution < -0.4 is 5.32 Å². The molecule has 2 aliphatic rings. The van der Waals surface area contributed by atoms with Gasteiger partial charge in [0, 0.05) is 12.6 Å². The molecule has 1 aliphatic carbocycles. The highest BCUT2D eigenvalue weighted by molar-refractivity contribution is 5.77. The number of amides is 1. The zero-order valence-corrected chi connectivity index (χ0v) is 13.5. The molecule has 2 fully saturated rings. The van der Waals surface area contributed by atoms with Crippen LogP contribution in [0.25, 0.3) is 0 Å². The third kappa shape index (κ3) is 5.00. The largest absolute Gasteiger partial charge is 0.376 e. The van der Waals surface area contributed by atoms with Crippen LogP contribution in [0.2, 0.25) is 0 Å². The number of carbonyl (C=O) groups is 1. The van der Waals surface area contributed by atoms with Gasteiger partial charge in [-0.2, -0.15) is 5.10 Å². The molecule has 7 heteroatoms. The summed E-state index contributed by atoms with van der Waals surface area (Å²) in [6, 6.07) is 0.655. The van der Waals surface area contributed by atoms with Crippen molar-refractivity contribution < 1.29 is 14.3 Å². The predicted octanol–water partition coefficient (Wildman–Crippen LogP) is 1.46. The van der Waals surface area contributed by atoms with Crippen molar-refractivity contribution in [3.05, 3.63) is 12.7 Å². The Morgan fingerprint density at radius 2 is 2.13 bits per heavy atom. The van der Waals surface area contributed by atoms with E-state index < -0.39 is 0 Å². The van der Waals surface area contributed by atoms with Crippen molar-refractivity contribution >= 4 is 5.91 Å². The number of carbonyl (C=O) groups excluding carboxylic acids is 1. The van der Waals surface area contributed by atoms with Crippen LogP contribution >= 0.6 is 0 Å². The van der Waals surface area contributed by atoms with Crippen molar-refractivity contribution in [3.63, 3.8) is 0 Å². The molecule has 128 valence electrons. The molecule has 2 heterocycles. The molecule has 1 unspecified atom stereocenters. The molecule has 23 heavy (non-hydrogen) atoms. The van der Waals surface area contributed by atoms with Gasteiger partial charge in [0.05, 0.1) is 18.8 Å². The number of ether oxygens (including phenoxy) is 2. The lowest BCUT2D eigenvalue weighted by molar-refractivity contribution is -0.128. The first-order valence-electron chi connectivity index (χ1n) is 8.64. The number of hydrogen-bond acceptors (Lipinski definition) is 5. The van der Waals surface area contributed by atoms with Gasteiger partial charge in [0.25, 0.3) is 0 Å². The van der Waals surface area contributed by atoms with Gasteiger partial charge in [-0.05, 0) is 44.9 Å². The Hall–Kier alpha value is -1.47. The van der Waals surface area contributed by atoms with E-state index in [4.69, 9.17) is 9.47 Å². The monoisotopic (exact) mass is 322 g/mol. The lowest BCUT2D eigenvalue weighted by Gasteiger charge is -2.29. The molecule has 0 bridgehead atoms. The van der Waals surface area contributed by atoms with Crippen LogP contribution in [-0.4, -0.2) is 52.6 Å². The summed E-state index contributed by atoms with van der Waals surface area (Å²) in [5.74, 6) is -0.0231. The normalized spacial score (nSPS) is 28.4. The molecule has 3 rings (SSSR count). The first kappa shape index (κ1) is 16.4. The zero-order chi connectivity index (χ0) is 15.9. The Balaban J connectivity index is 1.30. The summed E-state index contributed by atoms with van der Waals surface area (Å²) in [6.07, 6.45) is 10.8. The maximum absolute atomic E-state index is 12.0. The fourth-order valence-electron chi connectivity index (χ4n) is 3.38. The van der Waals surface area contributed by atoms with Gasteiger partial charge in [-0.3, -0.25) is 4.79 Å². The third-order valence-corrected chi connectivity index (χ3v) is 4.68. The summed E-state index contributed by atoms with van der Waals surface area (Å²) in [5.41, 5.74) is 0. The number of nitrogens with one attached hydrogen (secondary N) is 1. The van der Waals surface area contributed by atoms with E-state index in [9.17, 15) is 4.79 Å². The second-order valence-corrected chi connectivity index (χ2v) is 6.45. The van der Waals surface area contributed by atoms with E-state index in [0.29, 0.717) is 12.6 Å². The lowest BCUT2D eigenvalue weighted by atomic mass is 9.91. The van der Waals surface area contributed by atoms with E-state index in [1.807, 2.05) is 4.68 Å². The van der Waals surface area contributed by atoms with Crippen molar-refractivity contribution in [2.45, 2.75) is 63.1 Å². The Morgan fingerprint density at radius 1 is 1.26 bits per heavy atom. The van der Waals surface area contributed by atoms with E-state index in [0.717, 1.165) is 45.1 Å². The minimum atomic E-state index is -0.0231. The molecule has 1 N–H and O–H groups in total. The topological polar surface area (TPSA) is 78.3 Å². The van der Waals surface area contributed by atoms with Crippen LogP contribution in [-0.2, 0) is 14.3 Å². The first-order chi connectivity index (χ1) is 11.3. The Kier molecular flexibility index (Phi) is 5.99. The van der Waals surface area contributed by atoms with E-state index in [2.05, 4.69) is 15.4 Å². The second-order valence-electron chi connectivity index (χ2n) is 6.45. The summed E-state index contributed by atoms with van der Waals surface area (Å²) in [4.78, 5) is 16.0. The molecule has 0 radical (unpaired) electrons. The Labute approximate surface area is 136 Å². The Morgan fingerprint density at radius 3 is 2.83 bits per heavy atom. The van der Waals surface area contributed by atoms with Gasteiger partial charge in [0.15, 0.2) is 0 Å². The molecule has 0 aromatic carbocycles. The first-order valence-corrected chi connectivity index (χ1v) is 8.64. The number of rotatable bonds is 6. The average Bonchev–Trinajstić information content (AvgIpc) is 3.11. The van der Waals surface area contributed by atoms with E-state index in [-0.39, 0.29) is 24.7 Å². The molecular weight excluding hydrogens is 296 g/mol. The van der Waals surface area contributed by atoms with Gasteiger partial charge >= 0.3 is 0 Å². The zero-order valence-electron chi connectivity index (χ0n) is 13.5. The molecule has 7 nitrogen and oxygen atoms in total. The summed E-state index contributed by atoms with van der Waals surface area (Å²) in [5, 5.41) is 7.27. The third-order valence-electron chi connectivity index (χ3n) is 4.68. The maximum atomic E-state index is 12.0. The molecule has 1 saturated heterocycles. The maximum Gasteiger partial charge on any atom is 0.246 e. The second kappa shape index (κ2) is 8.40. The highest BCUT2D eigenvalue weighted by Crippen LogP contribution is 2.27. The fourth-order valence-corrected chi connectivity index (χ4v) is 3.38. The molecule has 1 aromatic heterocycles. The van der Waals surface area contributed by atoms with E-state index >= 15 is 0 Å². The van der Waals surface area contributed by atoms with Gasteiger partial charge < -0.3 is 14.8 Å². The van der Waals surface area contributed by atoms with Gasteiger partial charge in [-0.25, -0.2) is 9.67 Å². The van der Waals surface area contributed by atoms with Crippen LogP contribution in [0.15, 0.2) is 12.7 Å². The molecule has 1 amide bonds. The number of hydrogen-bond donors (Lipinski definition) is 1. The molecule has 0 spiro atoms. The summed E-state index contributed by atoms with van der Waals surface area (Å²) >= 11 is 0. The van der Waals surface area contributed by atoms with E-state index in [1.54, 1.807) is 12.7 Å². The van der Waals surface area contributed by atoms with Crippen LogP contribution in [0.1, 0.15) is 51.0 Å². The van der Waals surface area contributed by atoms with Crippen LogP contribution in [0.4, 0.5) is 0 Å².